The number of hydrogen-bond acceptors (Lipinski definition) is 8. The summed E-state index contributed by atoms with van der Waals surface area (Å²) in [6.45, 7) is 0. The van der Waals surface area contributed by atoms with Crippen molar-refractivity contribution in [2.75, 3.05) is 23.5 Å². The number of benzene rings is 1. The van der Waals surface area contributed by atoms with E-state index < -0.39 is 9.84 Å². The lowest BCUT2D eigenvalue weighted by atomic mass is 9.90. The maximum Gasteiger partial charge on any atom is 0.227 e. The Hall–Kier alpha value is -3.47. The zero-order valence-corrected chi connectivity index (χ0v) is 22.0. The Labute approximate surface area is 217 Å². The van der Waals surface area contributed by atoms with Crippen molar-refractivity contribution in [2.24, 2.45) is 0 Å². The van der Waals surface area contributed by atoms with Crippen LogP contribution in [0.2, 0.25) is 0 Å². The number of rotatable bonds is 9. The molecule has 3 aromatic rings. The minimum absolute atomic E-state index is 0.0900. The second kappa shape index (κ2) is 10.5. The zero-order valence-electron chi connectivity index (χ0n) is 21.1. The molecule has 2 aliphatic rings. The summed E-state index contributed by atoms with van der Waals surface area (Å²) in [6.07, 6.45) is 9.06. The molecule has 37 heavy (non-hydrogen) atoms. The summed E-state index contributed by atoms with van der Waals surface area (Å²) < 4.78 is 23.6. The van der Waals surface area contributed by atoms with Gasteiger partial charge in [-0.25, -0.2) is 13.4 Å². The van der Waals surface area contributed by atoms with Gasteiger partial charge in [0.15, 0.2) is 15.7 Å². The van der Waals surface area contributed by atoms with Crippen molar-refractivity contribution in [3.05, 3.63) is 53.9 Å². The molecular formula is C26H33N7O3S. The van der Waals surface area contributed by atoms with Gasteiger partial charge in [0, 0.05) is 49.3 Å². The first-order valence-corrected chi connectivity index (χ1v) is 14.6. The highest BCUT2D eigenvalue weighted by atomic mass is 32.2. The van der Waals surface area contributed by atoms with Crippen molar-refractivity contribution in [2.45, 2.75) is 67.8 Å². The Morgan fingerprint density at radius 2 is 1.86 bits per heavy atom. The standard InChI is InChI=1S/C26H33N7O3S/c1-33(26-27-13-12-23(30-26)29-24-16-22(31-32-24)18-6-7-18)20-10-8-19(9-11-20)28-25(34)15-17-4-3-5-21(14-17)37(2,35)36/h3-5,12-14,16,18-20H,6-11,15H2,1-2H3,(H,28,34)(H2,27,29,30,31,32)/t19-,20-. The van der Waals surface area contributed by atoms with Gasteiger partial charge in [0.1, 0.15) is 5.82 Å². The number of aromatic amines is 1. The second-order valence-corrected chi connectivity index (χ2v) is 12.1. The maximum absolute atomic E-state index is 12.6. The van der Waals surface area contributed by atoms with Crippen LogP contribution in [0.3, 0.4) is 0 Å². The zero-order chi connectivity index (χ0) is 26.0. The van der Waals surface area contributed by atoms with Crippen LogP contribution in [0.15, 0.2) is 47.5 Å². The van der Waals surface area contributed by atoms with Crippen LogP contribution in [0.25, 0.3) is 0 Å². The molecule has 0 bridgehead atoms. The van der Waals surface area contributed by atoms with E-state index in [0.717, 1.165) is 31.5 Å². The van der Waals surface area contributed by atoms with E-state index in [1.54, 1.807) is 30.5 Å². The van der Waals surface area contributed by atoms with Crippen molar-refractivity contribution in [3.63, 3.8) is 0 Å². The van der Waals surface area contributed by atoms with E-state index in [9.17, 15) is 13.2 Å². The van der Waals surface area contributed by atoms with Crippen LogP contribution in [0.5, 0.6) is 0 Å². The van der Waals surface area contributed by atoms with Gasteiger partial charge in [-0.2, -0.15) is 10.1 Å². The molecule has 10 nitrogen and oxygen atoms in total. The van der Waals surface area contributed by atoms with E-state index in [0.29, 0.717) is 23.2 Å². The molecule has 5 rings (SSSR count). The average molecular weight is 524 g/mol. The molecule has 2 aliphatic carbocycles. The summed E-state index contributed by atoms with van der Waals surface area (Å²) in [5, 5.41) is 13.8. The van der Waals surface area contributed by atoms with Crippen LogP contribution in [0.1, 0.15) is 55.7 Å². The molecule has 0 aliphatic heterocycles. The molecule has 0 saturated heterocycles. The largest absolute Gasteiger partial charge is 0.353 e. The topological polar surface area (TPSA) is 133 Å². The van der Waals surface area contributed by atoms with Gasteiger partial charge in [-0.15, -0.1) is 0 Å². The fourth-order valence-electron chi connectivity index (χ4n) is 4.84. The third-order valence-corrected chi connectivity index (χ3v) is 8.24. The third kappa shape index (κ3) is 6.46. The monoisotopic (exact) mass is 523 g/mol. The lowest BCUT2D eigenvalue weighted by molar-refractivity contribution is -0.121. The van der Waals surface area contributed by atoms with E-state index >= 15 is 0 Å². The average Bonchev–Trinajstić information content (AvgIpc) is 3.62. The molecule has 2 heterocycles. The lowest BCUT2D eigenvalue weighted by Crippen LogP contribution is -2.43. The van der Waals surface area contributed by atoms with Crippen molar-refractivity contribution in [1.29, 1.82) is 0 Å². The summed E-state index contributed by atoms with van der Waals surface area (Å²) in [5.74, 6) is 2.63. The maximum atomic E-state index is 12.6. The number of anilines is 3. The molecule has 11 heteroatoms. The minimum atomic E-state index is -3.30. The second-order valence-electron chi connectivity index (χ2n) is 10.1. The molecule has 1 aromatic carbocycles. The minimum Gasteiger partial charge on any atom is -0.353 e. The van der Waals surface area contributed by atoms with Gasteiger partial charge >= 0.3 is 0 Å². The van der Waals surface area contributed by atoms with Crippen LogP contribution >= 0.6 is 0 Å². The SMILES string of the molecule is CN(c1nccc(Nc2cc(C3CC3)[nH]n2)n1)[C@H]1CC[C@H](NC(=O)Cc2cccc(S(C)(=O)=O)c2)CC1. The Morgan fingerprint density at radius 1 is 1.08 bits per heavy atom. The van der Waals surface area contributed by atoms with Crippen LogP contribution in [-0.4, -0.2) is 59.9 Å². The van der Waals surface area contributed by atoms with Crippen molar-refractivity contribution >= 4 is 33.3 Å². The normalized spacial score (nSPS) is 19.8. The van der Waals surface area contributed by atoms with Gasteiger partial charge in [0.05, 0.1) is 11.3 Å². The summed E-state index contributed by atoms with van der Waals surface area (Å²) >= 11 is 0. The van der Waals surface area contributed by atoms with E-state index in [1.807, 2.05) is 19.2 Å². The van der Waals surface area contributed by atoms with Crippen molar-refractivity contribution in [3.8, 4) is 0 Å². The summed E-state index contributed by atoms with van der Waals surface area (Å²) in [5.41, 5.74) is 1.86. The van der Waals surface area contributed by atoms with Gasteiger partial charge < -0.3 is 15.5 Å². The van der Waals surface area contributed by atoms with Crippen LogP contribution in [0.4, 0.5) is 17.6 Å². The Kier molecular flexibility index (Phi) is 7.14. The highest BCUT2D eigenvalue weighted by Gasteiger charge is 2.27. The molecule has 2 aromatic heterocycles. The van der Waals surface area contributed by atoms with E-state index in [2.05, 4.69) is 35.7 Å². The molecular weight excluding hydrogens is 490 g/mol. The van der Waals surface area contributed by atoms with Crippen LogP contribution in [-0.2, 0) is 21.1 Å². The summed E-state index contributed by atoms with van der Waals surface area (Å²) in [7, 11) is -1.29. The number of sulfone groups is 1. The summed E-state index contributed by atoms with van der Waals surface area (Å²) in [4.78, 5) is 24.1. The van der Waals surface area contributed by atoms with Gasteiger partial charge in [-0.05, 0) is 62.3 Å². The predicted molar refractivity (Wildman–Crippen MR) is 142 cm³/mol. The number of carbonyl (C=O) groups is 1. The van der Waals surface area contributed by atoms with Crippen LogP contribution in [0, 0.1) is 0 Å². The van der Waals surface area contributed by atoms with E-state index in [1.165, 1.54) is 24.8 Å². The van der Waals surface area contributed by atoms with Gasteiger partial charge in [0.25, 0.3) is 0 Å². The number of nitrogens with one attached hydrogen (secondary N) is 3. The molecule has 2 fully saturated rings. The molecule has 0 radical (unpaired) electrons. The van der Waals surface area contributed by atoms with Gasteiger partial charge in [-0.3, -0.25) is 9.89 Å². The Morgan fingerprint density at radius 3 is 2.59 bits per heavy atom. The first kappa shape index (κ1) is 25.2. The number of H-pyrrole nitrogens is 1. The predicted octanol–water partition coefficient (Wildman–Crippen LogP) is 3.33. The van der Waals surface area contributed by atoms with Crippen molar-refractivity contribution < 1.29 is 13.2 Å². The fraction of sp³-hybridized carbons (Fsp3) is 0.462. The Bertz CT molecular complexity index is 1360. The van der Waals surface area contributed by atoms with Gasteiger partial charge in [-0.1, -0.05) is 12.1 Å². The van der Waals surface area contributed by atoms with Gasteiger partial charge in [0.2, 0.25) is 11.9 Å². The fourth-order valence-corrected chi connectivity index (χ4v) is 5.54. The molecule has 196 valence electrons. The van der Waals surface area contributed by atoms with E-state index in [-0.39, 0.29) is 29.3 Å². The lowest BCUT2D eigenvalue weighted by Gasteiger charge is -2.35. The van der Waals surface area contributed by atoms with Crippen LogP contribution < -0.4 is 15.5 Å². The number of hydrogen-bond donors (Lipinski definition) is 3. The smallest absolute Gasteiger partial charge is 0.227 e. The molecule has 0 unspecified atom stereocenters. The number of nitrogens with zero attached hydrogens (tertiary/aromatic N) is 4. The Balaban J connectivity index is 1.12. The number of carbonyl (C=O) groups excluding carboxylic acids is 1. The molecule has 0 atom stereocenters. The molecule has 1 amide bonds. The number of aromatic nitrogens is 4. The quantitative estimate of drug-likeness (QED) is 0.389. The summed E-state index contributed by atoms with van der Waals surface area (Å²) in [6, 6.07) is 10.8. The highest BCUT2D eigenvalue weighted by Crippen LogP contribution is 2.39. The molecule has 0 spiro atoms. The first-order valence-electron chi connectivity index (χ1n) is 12.7. The van der Waals surface area contributed by atoms with E-state index in [4.69, 9.17) is 0 Å². The first-order chi connectivity index (χ1) is 17.7. The highest BCUT2D eigenvalue weighted by molar-refractivity contribution is 7.90. The molecule has 3 N–H and O–H groups in total. The molecule has 2 saturated carbocycles. The van der Waals surface area contributed by atoms with Crippen molar-refractivity contribution in [1.82, 2.24) is 25.5 Å². The number of amides is 1. The third-order valence-electron chi connectivity index (χ3n) is 7.13.